The fourth-order valence-corrected chi connectivity index (χ4v) is 3.58. The lowest BCUT2D eigenvalue weighted by Crippen LogP contribution is -2.45. The van der Waals surface area contributed by atoms with Crippen molar-refractivity contribution in [2.75, 3.05) is 32.1 Å². The highest BCUT2D eigenvalue weighted by atomic mass is 79.9. The van der Waals surface area contributed by atoms with Crippen molar-refractivity contribution in [2.45, 2.75) is 18.9 Å². The van der Waals surface area contributed by atoms with Crippen LogP contribution >= 0.6 is 15.9 Å². The second-order valence-electron chi connectivity index (χ2n) is 5.84. The van der Waals surface area contributed by atoms with E-state index in [1.165, 1.54) is 11.0 Å². The Hall–Kier alpha value is -1.60. The zero-order valence-corrected chi connectivity index (χ0v) is 14.3. The SMILES string of the molecule is CN(C)C1CCCN(c2c(Br)cnc3c2[c]cn3C(N)=O)C1. The summed E-state index contributed by atoms with van der Waals surface area (Å²) in [6, 6.07) is 3.11. The number of hydrogen-bond donors (Lipinski definition) is 1. The van der Waals surface area contributed by atoms with Crippen LogP contribution in [-0.4, -0.2) is 53.7 Å². The van der Waals surface area contributed by atoms with Crippen molar-refractivity contribution in [3.8, 4) is 0 Å². The summed E-state index contributed by atoms with van der Waals surface area (Å²) in [7, 11) is 4.22. The molecule has 0 bridgehead atoms. The third kappa shape index (κ3) is 2.59. The van der Waals surface area contributed by atoms with E-state index in [1.54, 1.807) is 12.4 Å². The van der Waals surface area contributed by atoms with Crippen LogP contribution in [0.4, 0.5) is 10.5 Å². The monoisotopic (exact) mass is 364 g/mol. The minimum absolute atomic E-state index is 0.516. The lowest BCUT2D eigenvalue weighted by Gasteiger charge is -2.38. The number of hydrogen-bond acceptors (Lipinski definition) is 4. The Morgan fingerprint density at radius 1 is 1.55 bits per heavy atom. The van der Waals surface area contributed by atoms with Gasteiger partial charge in [0, 0.05) is 37.6 Å². The molecule has 0 aliphatic carbocycles. The molecule has 3 heterocycles. The van der Waals surface area contributed by atoms with Crippen LogP contribution in [0.2, 0.25) is 0 Å². The molecule has 2 N–H and O–H groups in total. The van der Waals surface area contributed by atoms with Crippen LogP contribution < -0.4 is 10.6 Å². The highest BCUT2D eigenvalue weighted by Crippen LogP contribution is 2.35. The topological polar surface area (TPSA) is 67.4 Å². The van der Waals surface area contributed by atoms with E-state index in [0.29, 0.717) is 11.7 Å². The maximum atomic E-state index is 11.5. The molecule has 117 valence electrons. The van der Waals surface area contributed by atoms with Crippen LogP contribution in [0.5, 0.6) is 0 Å². The van der Waals surface area contributed by atoms with Crippen molar-refractivity contribution in [3.05, 3.63) is 22.9 Å². The third-order valence-electron chi connectivity index (χ3n) is 4.23. The van der Waals surface area contributed by atoms with Gasteiger partial charge in [0.15, 0.2) is 5.65 Å². The van der Waals surface area contributed by atoms with Gasteiger partial charge in [0.05, 0.1) is 15.5 Å². The first-order valence-corrected chi connectivity index (χ1v) is 8.06. The van der Waals surface area contributed by atoms with Crippen molar-refractivity contribution >= 4 is 38.7 Å². The summed E-state index contributed by atoms with van der Waals surface area (Å²) in [5, 5.41) is 0.826. The molecule has 1 aliphatic heterocycles. The van der Waals surface area contributed by atoms with Crippen LogP contribution in [0, 0.1) is 6.07 Å². The third-order valence-corrected chi connectivity index (χ3v) is 4.81. The Morgan fingerprint density at radius 2 is 2.32 bits per heavy atom. The number of nitrogens with zero attached hydrogens (tertiary/aromatic N) is 4. The van der Waals surface area contributed by atoms with Crippen molar-refractivity contribution in [1.29, 1.82) is 0 Å². The normalized spacial score (nSPS) is 19.1. The molecular weight excluding hydrogens is 346 g/mol. The van der Waals surface area contributed by atoms with E-state index >= 15 is 0 Å². The van der Waals surface area contributed by atoms with Gasteiger partial charge in [0.2, 0.25) is 0 Å². The van der Waals surface area contributed by atoms with E-state index in [0.717, 1.165) is 35.1 Å². The summed E-state index contributed by atoms with van der Waals surface area (Å²) in [6.07, 6.45) is 5.62. The van der Waals surface area contributed by atoms with Gasteiger partial charge in [-0.1, -0.05) is 0 Å². The summed E-state index contributed by atoms with van der Waals surface area (Å²) in [6.45, 7) is 1.93. The summed E-state index contributed by atoms with van der Waals surface area (Å²) in [4.78, 5) is 20.4. The van der Waals surface area contributed by atoms with E-state index in [9.17, 15) is 4.79 Å². The Bertz CT molecular complexity index is 711. The van der Waals surface area contributed by atoms with Crippen LogP contribution in [0.25, 0.3) is 11.0 Å². The summed E-state index contributed by atoms with van der Waals surface area (Å²) in [5.74, 6) is 0. The number of primary amides is 1. The van der Waals surface area contributed by atoms with Gasteiger partial charge in [-0.3, -0.25) is 4.57 Å². The summed E-state index contributed by atoms with van der Waals surface area (Å²) < 4.78 is 2.25. The fourth-order valence-electron chi connectivity index (χ4n) is 3.03. The molecule has 2 aromatic rings. The number of fused-ring (bicyclic) bond motifs is 1. The Morgan fingerprint density at radius 3 is 3.00 bits per heavy atom. The molecule has 2 aromatic heterocycles. The molecule has 1 amide bonds. The van der Waals surface area contributed by atoms with Crippen molar-refractivity contribution < 1.29 is 4.79 Å². The number of likely N-dealkylation sites (N-methyl/N-ethyl adjacent to an activating group) is 1. The molecule has 1 atom stereocenters. The molecule has 1 aliphatic rings. The van der Waals surface area contributed by atoms with Gasteiger partial charge >= 0.3 is 6.03 Å². The van der Waals surface area contributed by atoms with Gasteiger partial charge in [0.1, 0.15) is 0 Å². The molecule has 1 fully saturated rings. The molecule has 0 saturated carbocycles. The standard InChI is InChI=1S/C15H19BrN5O/c1-19(2)10-4-3-6-20(9-10)13-11-5-7-21(15(17)22)14(11)18-8-12(13)16/h7-8,10H,3-4,6,9H2,1-2H3,(H2,17,22). The Kier molecular flexibility index (Phi) is 4.10. The molecule has 0 spiro atoms. The van der Waals surface area contributed by atoms with Crippen LogP contribution in [0.1, 0.15) is 12.8 Å². The number of amides is 1. The average Bonchev–Trinajstić information content (AvgIpc) is 2.91. The number of halogens is 1. The largest absolute Gasteiger partial charge is 0.368 e. The van der Waals surface area contributed by atoms with Gasteiger partial charge in [0.25, 0.3) is 0 Å². The molecule has 3 rings (SSSR count). The van der Waals surface area contributed by atoms with Gasteiger partial charge in [-0.25, -0.2) is 9.78 Å². The highest BCUT2D eigenvalue weighted by molar-refractivity contribution is 9.10. The first-order valence-electron chi connectivity index (χ1n) is 7.27. The van der Waals surface area contributed by atoms with E-state index in [4.69, 9.17) is 5.73 Å². The second-order valence-corrected chi connectivity index (χ2v) is 6.70. The Labute approximate surface area is 138 Å². The number of nitrogens with two attached hydrogens (primary N) is 1. The van der Waals surface area contributed by atoms with Gasteiger partial charge in [-0.05, 0) is 42.9 Å². The minimum atomic E-state index is -0.545. The fraction of sp³-hybridized carbons (Fsp3) is 0.467. The molecule has 7 heteroatoms. The van der Waals surface area contributed by atoms with Gasteiger partial charge in [-0.2, -0.15) is 0 Å². The molecule has 1 radical (unpaired) electrons. The van der Waals surface area contributed by atoms with E-state index in [1.807, 2.05) is 0 Å². The van der Waals surface area contributed by atoms with Crippen LogP contribution in [0.15, 0.2) is 16.9 Å². The van der Waals surface area contributed by atoms with Crippen LogP contribution in [-0.2, 0) is 0 Å². The lowest BCUT2D eigenvalue weighted by atomic mass is 10.0. The summed E-state index contributed by atoms with van der Waals surface area (Å²) >= 11 is 3.59. The van der Waals surface area contributed by atoms with Crippen molar-refractivity contribution in [2.24, 2.45) is 5.73 Å². The number of rotatable bonds is 2. The Balaban J connectivity index is 2.06. The second kappa shape index (κ2) is 5.89. The number of pyridine rings is 1. The number of anilines is 1. The van der Waals surface area contributed by atoms with Crippen molar-refractivity contribution in [1.82, 2.24) is 14.5 Å². The smallest absolute Gasteiger partial charge is 0.324 e. The first kappa shape index (κ1) is 15.3. The van der Waals surface area contributed by atoms with E-state index in [-0.39, 0.29) is 0 Å². The zero-order chi connectivity index (χ0) is 15.9. The number of piperidine rings is 1. The molecular formula is C15H19BrN5O. The lowest BCUT2D eigenvalue weighted by molar-refractivity contribution is 0.251. The predicted molar refractivity (Wildman–Crippen MR) is 90.2 cm³/mol. The molecule has 6 nitrogen and oxygen atoms in total. The molecule has 1 unspecified atom stereocenters. The van der Waals surface area contributed by atoms with E-state index in [2.05, 4.69) is 50.9 Å². The number of aromatic nitrogens is 2. The maximum Gasteiger partial charge on any atom is 0.324 e. The highest BCUT2D eigenvalue weighted by Gasteiger charge is 2.25. The predicted octanol–water partition coefficient (Wildman–Crippen LogP) is 2.06. The number of carbonyl (C=O) groups excluding carboxylic acids is 1. The minimum Gasteiger partial charge on any atom is -0.368 e. The molecule has 0 aromatic carbocycles. The number of carbonyl (C=O) groups is 1. The zero-order valence-electron chi connectivity index (χ0n) is 12.7. The molecule has 1 saturated heterocycles. The summed E-state index contributed by atoms with van der Waals surface area (Å²) in [5.41, 5.74) is 6.98. The molecule has 22 heavy (non-hydrogen) atoms. The van der Waals surface area contributed by atoms with E-state index < -0.39 is 6.03 Å². The first-order chi connectivity index (χ1) is 10.5. The maximum absolute atomic E-state index is 11.5. The van der Waals surface area contributed by atoms with Gasteiger partial charge < -0.3 is 15.5 Å². The van der Waals surface area contributed by atoms with Crippen LogP contribution in [0.3, 0.4) is 0 Å². The van der Waals surface area contributed by atoms with Gasteiger partial charge in [-0.15, -0.1) is 0 Å². The van der Waals surface area contributed by atoms with Crippen molar-refractivity contribution in [3.63, 3.8) is 0 Å². The average molecular weight is 365 g/mol. The quantitative estimate of drug-likeness (QED) is 0.885.